The maximum Gasteiger partial charge on any atom is 0.266 e. The van der Waals surface area contributed by atoms with Gasteiger partial charge in [0.1, 0.15) is 16.0 Å². The van der Waals surface area contributed by atoms with Crippen molar-refractivity contribution in [2.45, 2.75) is 13.1 Å². The molecule has 0 saturated heterocycles. The van der Waals surface area contributed by atoms with Crippen LogP contribution >= 0.6 is 11.3 Å². The molecule has 0 aliphatic carbocycles. The van der Waals surface area contributed by atoms with E-state index in [4.69, 9.17) is 5.73 Å². The van der Waals surface area contributed by atoms with Crippen LogP contribution in [-0.4, -0.2) is 42.3 Å². The van der Waals surface area contributed by atoms with Crippen molar-refractivity contribution in [3.8, 4) is 0 Å². The van der Waals surface area contributed by atoms with Crippen molar-refractivity contribution in [2.75, 3.05) is 12.3 Å². The quantitative estimate of drug-likeness (QED) is 0.703. The molecule has 1 aliphatic rings. The lowest BCUT2D eigenvalue weighted by atomic mass is 10.2. The Balaban J connectivity index is 1.69. The van der Waals surface area contributed by atoms with Gasteiger partial charge in [-0.25, -0.2) is 0 Å². The normalized spacial score (nSPS) is 14.4. The zero-order chi connectivity index (χ0) is 14.4. The first-order chi connectivity index (χ1) is 10.2. The molecule has 1 aliphatic heterocycles. The summed E-state index contributed by atoms with van der Waals surface area (Å²) in [5.74, 6) is 0.693. The van der Waals surface area contributed by atoms with E-state index in [1.807, 2.05) is 4.57 Å². The summed E-state index contributed by atoms with van der Waals surface area (Å²) in [4.78, 5) is 15.6. The third-order valence-electron chi connectivity index (χ3n) is 3.54. The van der Waals surface area contributed by atoms with Crippen molar-refractivity contribution < 1.29 is 4.79 Å². The Hall–Kier alpha value is -2.55. The molecule has 8 nitrogen and oxygen atoms in total. The lowest BCUT2D eigenvalue weighted by Gasteiger charge is -2.26. The number of nitrogen functional groups attached to an aromatic ring is 1. The first-order valence-electron chi connectivity index (χ1n) is 6.39. The van der Waals surface area contributed by atoms with Gasteiger partial charge >= 0.3 is 0 Å². The number of hydrogen-bond donors (Lipinski definition) is 1. The monoisotopic (exact) mass is 301 g/mol. The molecule has 0 radical (unpaired) electrons. The third kappa shape index (κ3) is 1.85. The number of amides is 1. The summed E-state index contributed by atoms with van der Waals surface area (Å²) in [5.41, 5.74) is 6.56. The van der Waals surface area contributed by atoms with E-state index in [9.17, 15) is 4.79 Å². The van der Waals surface area contributed by atoms with Crippen LogP contribution in [0.25, 0.3) is 10.2 Å². The molecule has 0 saturated carbocycles. The molecule has 9 heteroatoms. The molecule has 4 heterocycles. The standard InChI is InChI=1S/C12H11N7OS/c13-9-7-1-2-14-17-11(7)21-10(9)12(20)18-3-4-19-6-15-16-8(19)5-18/h1-2,6H,3-5,13H2. The van der Waals surface area contributed by atoms with Crippen molar-refractivity contribution in [3.05, 3.63) is 29.3 Å². The van der Waals surface area contributed by atoms with Crippen molar-refractivity contribution >= 4 is 33.1 Å². The molecule has 0 spiro atoms. The van der Waals surface area contributed by atoms with Crippen LogP contribution in [0, 0.1) is 0 Å². The molecule has 21 heavy (non-hydrogen) atoms. The van der Waals surface area contributed by atoms with Gasteiger partial charge in [-0.05, 0) is 6.07 Å². The molecule has 3 aromatic heterocycles. The maximum atomic E-state index is 12.7. The Kier molecular flexibility index (Phi) is 2.61. The van der Waals surface area contributed by atoms with E-state index in [0.717, 1.165) is 11.2 Å². The predicted molar refractivity (Wildman–Crippen MR) is 76.6 cm³/mol. The van der Waals surface area contributed by atoms with E-state index in [-0.39, 0.29) is 5.91 Å². The van der Waals surface area contributed by atoms with Crippen LogP contribution in [0.2, 0.25) is 0 Å². The van der Waals surface area contributed by atoms with Gasteiger partial charge in [-0.3, -0.25) is 4.79 Å². The highest BCUT2D eigenvalue weighted by Gasteiger charge is 2.26. The third-order valence-corrected chi connectivity index (χ3v) is 4.63. The number of nitrogens with zero attached hydrogens (tertiary/aromatic N) is 6. The molecule has 0 bridgehead atoms. The van der Waals surface area contributed by atoms with Crippen LogP contribution in [0.5, 0.6) is 0 Å². The highest BCUT2D eigenvalue weighted by atomic mass is 32.1. The zero-order valence-corrected chi connectivity index (χ0v) is 11.7. The summed E-state index contributed by atoms with van der Waals surface area (Å²) in [6.07, 6.45) is 3.25. The predicted octanol–water partition coefficient (Wildman–Crippen LogP) is 0.521. The number of fused-ring (bicyclic) bond motifs is 2. The van der Waals surface area contributed by atoms with Crippen molar-refractivity contribution in [3.63, 3.8) is 0 Å². The zero-order valence-electron chi connectivity index (χ0n) is 10.9. The second-order valence-electron chi connectivity index (χ2n) is 4.76. The van der Waals surface area contributed by atoms with E-state index >= 15 is 0 Å². The minimum absolute atomic E-state index is 0.0928. The van der Waals surface area contributed by atoms with Gasteiger partial charge in [-0.15, -0.1) is 26.6 Å². The summed E-state index contributed by atoms with van der Waals surface area (Å²) in [5, 5.41) is 16.5. The second kappa shape index (κ2) is 4.48. The molecule has 2 N–H and O–H groups in total. The highest BCUT2D eigenvalue weighted by molar-refractivity contribution is 7.21. The van der Waals surface area contributed by atoms with E-state index < -0.39 is 0 Å². The number of anilines is 1. The fourth-order valence-corrected chi connectivity index (χ4v) is 3.42. The molecule has 4 rings (SSSR count). The van der Waals surface area contributed by atoms with Crippen LogP contribution in [0.3, 0.4) is 0 Å². The maximum absolute atomic E-state index is 12.7. The Morgan fingerprint density at radius 3 is 3.05 bits per heavy atom. The van der Waals surface area contributed by atoms with E-state index in [2.05, 4.69) is 20.4 Å². The summed E-state index contributed by atoms with van der Waals surface area (Å²) in [6.45, 7) is 1.75. The molecular formula is C12H11N7OS. The molecular weight excluding hydrogens is 290 g/mol. The largest absolute Gasteiger partial charge is 0.397 e. The Morgan fingerprint density at radius 1 is 1.29 bits per heavy atom. The Labute approximate surface area is 123 Å². The van der Waals surface area contributed by atoms with Gasteiger partial charge in [0.15, 0.2) is 5.82 Å². The molecule has 0 unspecified atom stereocenters. The van der Waals surface area contributed by atoms with Crippen molar-refractivity contribution in [1.82, 2.24) is 29.9 Å². The van der Waals surface area contributed by atoms with E-state index in [1.54, 1.807) is 23.5 Å². The summed E-state index contributed by atoms with van der Waals surface area (Å²) >= 11 is 1.28. The van der Waals surface area contributed by atoms with Crippen molar-refractivity contribution in [2.24, 2.45) is 0 Å². The second-order valence-corrected chi connectivity index (χ2v) is 5.76. The van der Waals surface area contributed by atoms with Gasteiger partial charge in [-0.2, -0.15) is 5.10 Å². The van der Waals surface area contributed by atoms with E-state index in [1.165, 1.54) is 11.3 Å². The van der Waals surface area contributed by atoms with Crippen LogP contribution in [0.4, 0.5) is 5.69 Å². The summed E-state index contributed by atoms with van der Waals surface area (Å²) < 4.78 is 1.95. The van der Waals surface area contributed by atoms with Crippen molar-refractivity contribution in [1.29, 1.82) is 0 Å². The van der Waals surface area contributed by atoms with Gasteiger partial charge in [0, 0.05) is 18.5 Å². The lowest BCUT2D eigenvalue weighted by molar-refractivity contribution is 0.0713. The average Bonchev–Trinajstić information content (AvgIpc) is 3.11. The molecule has 3 aromatic rings. The number of rotatable bonds is 1. The van der Waals surface area contributed by atoms with E-state index in [0.29, 0.717) is 35.0 Å². The Morgan fingerprint density at radius 2 is 2.19 bits per heavy atom. The number of hydrogen-bond acceptors (Lipinski definition) is 7. The molecule has 106 valence electrons. The summed E-state index contributed by atoms with van der Waals surface area (Å²) in [7, 11) is 0. The first-order valence-corrected chi connectivity index (χ1v) is 7.21. The molecule has 0 atom stereocenters. The molecule has 1 amide bonds. The van der Waals surface area contributed by atoms with Gasteiger partial charge in [0.25, 0.3) is 5.91 Å². The number of carbonyl (C=O) groups excluding carboxylic acids is 1. The molecule has 0 fully saturated rings. The first kappa shape index (κ1) is 12.2. The topological polar surface area (TPSA) is 103 Å². The minimum Gasteiger partial charge on any atom is -0.397 e. The number of nitrogens with two attached hydrogens (primary N) is 1. The Bertz CT molecular complexity index is 839. The molecule has 0 aromatic carbocycles. The van der Waals surface area contributed by atoms with Crippen LogP contribution in [-0.2, 0) is 13.1 Å². The fourth-order valence-electron chi connectivity index (χ4n) is 2.42. The average molecular weight is 301 g/mol. The van der Waals surface area contributed by atoms with Crippen LogP contribution in [0.1, 0.15) is 15.5 Å². The summed E-state index contributed by atoms with van der Waals surface area (Å²) in [6, 6.07) is 1.78. The van der Waals surface area contributed by atoms with Gasteiger partial charge in [0.2, 0.25) is 0 Å². The lowest BCUT2D eigenvalue weighted by Crippen LogP contribution is -2.38. The highest BCUT2D eigenvalue weighted by Crippen LogP contribution is 2.32. The SMILES string of the molecule is Nc1c(C(=O)N2CCn3cnnc3C2)sc2nnccc12. The van der Waals surface area contributed by atoms with Gasteiger partial charge < -0.3 is 15.2 Å². The van der Waals surface area contributed by atoms with Gasteiger partial charge in [0.05, 0.1) is 18.4 Å². The minimum atomic E-state index is -0.0928. The number of carbonyl (C=O) groups is 1. The van der Waals surface area contributed by atoms with Gasteiger partial charge in [-0.1, -0.05) is 0 Å². The number of aromatic nitrogens is 5. The number of thiophene rings is 1. The van der Waals surface area contributed by atoms with Crippen LogP contribution in [0.15, 0.2) is 18.6 Å². The smallest absolute Gasteiger partial charge is 0.266 e. The van der Waals surface area contributed by atoms with Crippen LogP contribution < -0.4 is 5.73 Å². The fraction of sp³-hybridized carbons (Fsp3) is 0.250.